The summed E-state index contributed by atoms with van der Waals surface area (Å²) in [4.78, 5) is 16.6. The van der Waals surface area contributed by atoms with Gasteiger partial charge in [0.15, 0.2) is 0 Å². The third kappa shape index (κ3) is 4.05. The molecule has 0 saturated carbocycles. The number of amides is 1. The molecule has 0 spiro atoms. The first-order valence-electron chi connectivity index (χ1n) is 7.57. The van der Waals surface area contributed by atoms with Crippen molar-refractivity contribution in [2.75, 3.05) is 6.54 Å². The minimum atomic E-state index is -0.0420. The van der Waals surface area contributed by atoms with Crippen LogP contribution in [0.2, 0.25) is 0 Å². The molecule has 0 aliphatic heterocycles. The Morgan fingerprint density at radius 2 is 1.83 bits per heavy atom. The van der Waals surface area contributed by atoms with Gasteiger partial charge in [0.25, 0.3) is 5.91 Å². The molecule has 116 valence electrons. The first kappa shape index (κ1) is 15.4. The van der Waals surface area contributed by atoms with E-state index in [-0.39, 0.29) is 5.91 Å². The number of nitrogens with zero attached hydrogens (tertiary/aromatic N) is 1. The third-order valence-corrected chi connectivity index (χ3v) is 4.49. The molecule has 0 fully saturated rings. The summed E-state index contributed by atoms with van der Waals surface area (Å²) < 4.78 is 0. The molecule has 0 bridgehead atoms. The molecule has 4 heteroatoms. The van der Waals surface area contributed by atoms with Gasteiger partial charge >= 0.3 is 0 Å². The van der Waals surface area contributed by atoms with E-state index in [9.17, 15) is 4.79 Å². The van der Waals surface area contributed by atoms with Gasteiger partial charge in [-0.3, -0.25) is 4.79 Å². The number of nitrogens with one attached hydrogen (secondary N) is 1. The molecule has 0 aliphatic carbocycles. The molecule has 0 atom stereocenters. The molecule has 23 heavy (non-hydrogen) atoms. The van der Waals surface area contributed by atoms with Gasteiger partial charge in [0.2, 0.25) is 0 Å². The number of hydrogen-bond donors (Lipinski definition) is 1. The van der Waals surface area contributed by atoms with Crippen molar-refractivity contribution in [1.82, 2.24) is 10.3 Å². The maximum Gasteiger partial charge on any atom is 0.251 e. The van der Waals surface area contributed by atoms with Gasteiger partial charge in [-0.15, -0.1) is 11.3 Å². The molecule has 0 aliphatic rings. The number of benzene rings is 2. The molecule has 3 nitrogen and oxygen atoms in total. The zero-order valence-corrected chi connectivity index (χ0v) is 13.8. The number of aromatic nitrogens is 1. The molecule has 1 aromatic heterocycles. The number of rotatable bonds is 5. The Balaban J connectivity index is 1.55. The SMILES string of the molecule is Cc1ccc(-c2nc(CCNC(=O)c3ccccc3)cs2)cc1. The minimum absolute atomic E-state index is 0.0420. The maximum absolute atomic E-state index is 12.0. The lowest BCUT2D eigenvalue weighted by Crippen LogP contribution is -2.25. The zero-order chi connectivity index (χ0) is 16.1. The molecular formula is C19H18N2OS. The van der Waals surface area contributed by atoms with Crippen LogP contribution in [0.15, 0.2) is 60.0 Å². The molecule has 0 radical (unpaired) electrons. The summed E-state index contributed by atoms with van der Waals surface area (Å²) >= 11 is 1.64. The van der Waals surface area contributed by atoms with Crippen LogP contribution in [0.3, 0.4) is 0 Å². The highest BCUT2D eigenvalue weighted by atomic mass is 32.1. The number of thiazole rings is 1. The Labute approximate surface area is 140 Å². The van der Waals surface area contributed by atoms with Crippen molar-refractivity contribution in [3.63, 3.8) is 0 Å². The lowest BCUT2D eigenvalue weighted by Gasteiger charge is -2.03. The number of aryl methyl sites for hydroxylation is 1. The smallest absolute Gasteiger partial charge is 0.251 e. The normalized spacial score (nSPS) is 10.5. The van der Waals surface area contributed by atoms with Gasteiger partial charge in [0, 0.05) is 29.5 Å². The van der Waals surface area contributed by atoms with Crippen molar-refractivity contribution in [2.45, 2.75) is 13.3 Å². The van der Waals surface area contributed by atoms with Gasteiger partial charge in [-0.25, -0.2) is 4.98 Å². The highest BCUT2D eigenvalue weighted by Crippen LogP contribution is 2.24. The monoisotopic (exact) mass is 322 g/mol. The van der Waals surface area contributed by atoms with Crippen molar-refractivity contribution in [3.05, 3.63) is 76.8 Å². The van der Waals surface area contributed by atoms with E-state index in [4.69, 9.17) is 0 Å². The van der Waals surface area contributed by atoms with E-state index in [0.717, 1.165) is 22.7 Å². The molecular weight excluding hydrogens is 304 g/mol. The van der Waals surface area contributed by atoms with Crippen LogP contribution in [0, 0.1) is 6.92 Å². The number of carbonyl (C=O) groups is 1. The van der Waals surface area contributed by atoms with Gasteiger partial charge in [0.05, 0.1) is 5.69 Å². The first-order chi connectivity index (χ1) is 11.2. The molecule has 0 unspecified atom stereocenters. The Morgan fingerprint density at radius 1 is 1.09 bits per heavy atom. The Morgan fingerprint density at radius 3 is 2.57 bits per heavy atom. The van der Waals surface area contributed by atoms with Crippen molar-refractivity contribution in [2.24, 2.45) is 0 Å². The van der Waals surface area contributed by atoms with Crippen LogP contribution in [-0.2, 0) is 6.42 Å². The van der Waals surface area contributed by atoms with Crippen LogP contribution in [0.5, 0.6) is 0 Å². The van der Waals surface area contributed by atoms with Crippen LogP contribution in [0.25, 0.3) is 10.6 Å². The average molecular weight is 322 g/mol. The third-order valence-electron chi connectivity index (χ3n) is 3.55. The quantitative estimate of drug-likeness (QED) is 0.768. The van der Waals surface area contributed by atoms with Gasteiger partial charge < -0.3 is 5.32 Å². The van der Waals surface area contributed by atoms with Crippen LogP contribution < -0.4 is 5.32 Å². The first-order valence-corrected chi connectivity index (χ1v) is 8.45. The second kappa shape index (κ2) is 7.20. The van der Waals surface area contributed by atoms with Crippen molar-refractivity contribution in [3.8, 4) is 10.6 Å². The summed E-state index contributed by atoms with van der Waals surface area (Å²) in [7, 11) is 0. The number of hydrogen-bond acceptors (Lipinski definition) is 3. The molecule has 3 rings (SSSR count). The van der Waals surface area contributed by atoms with Crippen LogP contribution in [0.1, 0.15) is 21.6 Å². The van der Waals surface area contributed by atoms with Gasteiger partial charge in [-0.2, -0.15) is 0 Å². The molecule has 1 heterocycles. The fourth-order valence-corrected chi connectivity index (χ4v) is 3.11. The molecule has 2 aromatic carbocycles. The Bertz CT molecular complexity index is 779. The zero-order valence-electron chi connectivity index (χ0n) is 13.0. The van der Waals surface area contributed by atoms with E-state index in [1.807, 2.05) is 30.3 Å². The highest BCUT2D eigenvalue weighted by molar-refractivity contribution is 7.13. The molecule has 1 N–H and O–H groups in total. The predicted octanol–water partition coefficient (Wildman–Crippen LogP) is 4.09. The van der Waals surface area contributed by atoms with Gasteiger partial charge in [-0.05, 0) is 19.1 Å². The summed E-state index contributed by atoms with van der Waals surface area (Å²) in [5, 5.41) is 6.01. The standard InChI is InChI=1S/C19H18N2OS/c1-14-7-9-16(10-8-14)19-21-17(13-23-19)11-12-20-18(22)15-5-3-2-4-6-15/h2-10,13H,11-12H2,1H3,(H,20,22). The molecule has 0 saturated heterocycles. The van der Waals surface area contributed by atoms with Crippen molar-refractivity contribution < 1.29 is 4.79 Å². The molecule has 1 amide bonds. The molecule has 3 aromatic rings. The topological polar surface area (TPSA) is 42.0 Å². The van der Waals surface area contributed by atoms with E-state index < -0.39 is 0 Å². The average Bonchev–Trinajstić information content (AvgIpc) is 3.05. The summed E-state index contributed by atoms with van der Waals surface area (Å²) in [5.41, 5.74) is 4.08. The minimum Gasteiger partial charge on any atom is -0.352 e. The van der Waals surface area contributed by atoms with Crippen LogP contribution in [-0.4, -0.2) is 17.4 Å². The highest BCUT2D eigenvalue weighted by Gasteiger charge is 2.06. The summed E-state index contributed by atoms with van der Waals surface area (Å²) in [6.45, 7) is 2.66. The summed E-state index contributed by atoms with van der Waals surface area (Å²) in [6.07, 6.45) is 0.737. The largest absolute Gasteiger partial charge is 0.352 e. The Hall–Kier alpha value is -2.46. The fraction of sp³-hybridized carbons (Fsp3) is 0.158. The Kier molecular flexibility index (Phi) is 4.83. The number of carbonyl (C=O) groups excluding carboxylic acids is 1. The van der Waals surface area contributed by atoms with Gasteiger partial charge in [-0.1, -0.05) is 48.0 Å². The summed E-state index contributed by atoms with van der Waals surface area (Å²) in [5.74, 6) is -0.0420. The maximum atomic E-state index is 12.0. The van der Waals surface area contributed by atoms with Crippen molar-refractivity contribution >= 4 is 17.2 Å². The van der Waals surface area contributed by atoms with E-state index in [1.165, 1.54) is 5.56 Å². The van der Waals surface area contributed by atoms with Gasteiger partial charge in [0.1, 0.15) is 5.01 Å². The van der Waals surface area contributed by atoms with E-state index >= 15 is 0 Å². The van der Waals surface area contributed by atoms with E-state index in [0.29, 0.717) is 12.1 Å². The predicted molar refractivity (Wildman–Crippen MR) is 94.8 cm³/mol. The lowest BCUT2D eigenvalue weighted by molar-refractivity contribution is 0.0954. The van der Waals surface area contributed by atoms with E-state index in [1.54, 1.807) is 11.3 Å². The van der Waals surface area contributed by atoms with Crippen LogP contribution in [0.4, 0.5) is 0 Å². The summed E-state index contributed by atoms with van der Waals surface area (Å²) in [6, 6.07) is 17.6. The second-order valence-electron chi connectivity index (χ2n) is 5.38. The fourth-order valence-electron chi connectivity index (χ4n) is 2.25. The van der Waals surface area contributed by atoms with E-state index in [2.05, 4.69) is 46.9 Å². The van der Waals surface area contributed by atoms with Crippen LogP contribution >= 0.6 is 11.3 Å². The second-order valence-corrected chi connectivity index (χ2v) is 6.24. The lowest BCUT2D eigenvalue weighted by atomic mass is 10.2. The van der Waals surface area contributed by atoms with Crippen molar-refractivity contribution in [1.29, 1.82) is 0 Å².